The van der Waals surface area contributed by atoms with Gasteiger partial charge in [0.2, 0.25) is 0 Å². The molecule has 1 aliphatic heterocycles. The molecular weight excluding hydrogens is 729 g/mol. The van der Waals surface area contributed by atoms with Gasteiger partial charge in [-0.15, -0.1) is 22.7 Å². The highest BCUT2D eigenvalue weighted by atomic mass is 32.1. The molecule has 0 radical (unpaired) electrons. The molecule has 0 unspecified atom stereocenters. The highest BCUT2D eigenvalue weighted by Gasteiger charge is 2.47. The number of rotatable bonds is 31. The lowest BCUT2D eigenvalue weighted by molar-refractivity contribution is 0.537. The Morgan fingerprint density at radius 3 is 1.35 bits per heavy atom. The minimum absolute atomic E-state index is 1.09. The van der Waals surface area contributed by atoms with E-state index in [9.17, 15) is 0 Å². The summed E-state index contributed by atoms with van der Waals surface area (Å²) in [5.74, 6) is 0. The first-order valence-corrected chi connectivity index (χ1v) is 27.8. The van der Waals surface area contributed by atoms with Gasteiger partial charge in [-0.25, -0.2) is 0 Å². The zero-order chi connectivity index (χ0) is 37.9. The molecule has 0 saturated heterocycles. The molecule has 2 nitrogen and oxygen atoms in total. The van der Waals surface area contributed by atoms with E-state index in [0.717, 1.165) is 11.0 Å². The third-order valence-electron chi connectivity index (χ3n) is 12.6. The lowest BCUT2D eigenvalue weighted by Crippen LogP contribution is -2.54. The monoisotopic (exact) mass is 804 g/mol. The average Bonchev–Trinajstić information content (AvgIpc) is 3.97. The molecule has 4 heterocycles. The minimum atomic E-state index is -1.85. The quantitative estimate of drug-likeness (QED) is 0.0374. The highest BCUT2D eigenvalue weighted by molar-refractivity contribution is 7.30. The summed E-state index contributed by atoms with van der Waals surface area (Å²) >= 11 is 5.52. The summed E-state index contributed by atoms with van der Waals surface area (Å²) in [6.45, 7) is 9.17. The zero-order valence-electron chi connectivity index (χ0n) is 35.1. The van der Waals surface area contributed by atoms with Crippen molar-refractivity contribution < 1.29 is 0 Å². The number of fused-ring (bicyclic) bond motifs is 4. The molecular formula is C48H76N2S3Si. The maximum Gasteiger partial charge on any atom is 0.122 e. The second-order valence-electron chi connectivity index (χ2n) is 17.1. The van der Waals surface area contributed by atoms with Gasteiger partial charge in [0.25, 0.3) is 0 Å². The van der Waals surface area contributed by atoms with Crippen LogP contribution in [0.25, 0.3) is 31.2 Å². The molecule has 0 aliphatic carbocycles. The van der Waals surface area contributed by atoms with Crippen LogP contribution in [0.15, 0.2) is 24.3 Å². The van der Waals surface area contributed by atoms with Crippen LogP contribution >= 0.6 is 34.4 Å². The van der Waals surface area contributed by atoms with E-state index in [0.29, 0.717) is 0 Å². The van der Waals surface area contributed by atoms with Crippen molar-refractivity contribution in [3.8, 4) is 20.2 Å². The fourth-order valence-electron chi connectivity index (χ4n) is 9.33. The third kappa shape index (κ3) is 12.6. The number of aromatic nitrogens is 2. The van der Waals surface area contributed by atoms with E-state index in [4.69, 9.17) is 4.37 Å². The molecule has 0 N–H and O–H groups in total. The molecule has 0 spiro atoms. The maximum absolute atomic E-state index is 4.81. The van der Waals surface area contributed by atoms with Crippen LogP contribution in [0.5, 0.6) is 0 Å². The summed E-state index contributed by atoms with van der Waals surface area (Å²) in [7, 11) is -1.85. The fraction of sp³-hybridized carbons (Fsp3) is 0.708. The van der Waals surface area contributed by atoms with Crippen LogP contribution in [0.4, 0.5) is 0 Å². The van der Waals surface area contributed by atoms with Crippen molar-refractivity contribution in [2.24, 2.45) is 0 Å². The molecule has 0 atom stereocenters. The lowest BCUT2D eigenvalue weighted by atomic mass is 10.0. The topological polar surface area (TPSA) is 25.8 Å². The van der Waals surface area contributed by atoms with E-state index < -0.39 is 8.07 Å². The van der Waals surface area contributed by atoms with Gasteiger partial charge in [0.1, 0.15) is 19.1 Å². The first-order chi connectivity index (χ1) is 26.6. The predicted molar refractivity (Wildman–Crippen MR) is 249 cm³/mol. The van der Waals surface area contributed by atoms with E-state index in [1.54, 1.807) is 14.9 Å². The molecule has 6 heteroatoms. The number of benzene rings is 1. The highest BCUT2D eigenvalue weighted by Crippen LogP contribution is 2.46. The van der Waals surface area contributed by atoms with Gasteiger partial charge in [-0.2, -0.15) is 8.75 Å². The Kier molecular flexibility index (Phi) is 19.8. The number of unbranched alkanes of at least 4 members (excludes halogenated alkanes) is 26. The molecule has 300 valence electrons. The number of hydrogen-bond acceptors (Lipinski definition) is 5. The van der Waals surface area contributed by atoms with Crippen molar-refractivity contribution in [1.82, 2.24) is 8.75 Å². The number of aryl methyl sites for hydroxylation is 2. The molecule has 54 heavy (non-hydrogen) atoms. The smallest absolute Gasteiger partial charge is 0.122 e. The lowest BCUT2D eigenvalue weighted by Gasteiger charge is -2.29. The standard InChI is InChI=1S/C48H76N2S3Si/c1-5-7-9-11-13-15-17-19-21-23-25-27-29-31-35-54(36-32-30-28-26-24-22-20-18-16-14-12-10-8-6-2)43-37-40(4)51-47(43)48-44(54)38-42(52-48)41-34-33-39(3)45-46(41)50-53-49-45/h33-34,37-38H,5-32,35-36H2,1-4H3. The van der Waals surface area contributed by atoms with Gasteiger partial charge >= 0.3 is 0 Å². The average molecular weight is 805 g/mol. The van der Waals surface area contributed by atoms with Crippen molar-refractivity contribution in [3.63, 3.8) is 0 Å². The van der Waals surface area contributed by atoms with Gasteiger partial charge in [0, 0.05) is 25.1 Å². The van der Waals surface area contributed by atoms with Crippen LogP contribution in [0.3, 0.4) is 0 Å². The molecule has 4 aromatic rings. The first-order valence-electron chi connectivity index (χ1n) is 23.1. The summed E-state index contributed by atoms with van der Waals surface area (Å²) in [4.78, 5) is 6.20. The molecule has 3 aromatic heterocycles. The molecule has 0 bridgehead atoms. The zero-order valence-corrected chi connectivity index (χ0v) is 38.6. The third-order valence-corrected chi connectivity index (χ3v) is 21.2. The molecule has 0 saturated carbocycles. The predicted octanol–water partition coefficient (Wildman–Crippen LogP) is 16.6. The molecule has 1 aliphatic rings. The Labute approximate surface area is 345 Å². The van der Waals surface area contributed by atoms with E-state index in [1.807, 2.05) is 5.19 Å². The van der Waals surface area contributed by atoms with Crippen LogP contribution in [0.1, 0.15) is 204 Å². The minimum Gasteiger partial charge on any atom is -0.173 e. The van der Waals surface area contributed by atoms with Crippen LogP contribution < -0.4 is 10.4 Å². The van der Waals surface area contributed by atoms with Crippen LogP contribution in [0, 0.1) is 13.8 Å². The Morgan fingerprint density at radius 2 is 0.870 bits per heavy atom. The normalized spacial score (nSPS) is 13.3. The largest absolute Gasteiger partial charge is 0.173 e. The van der Waals surface area contributed by atoms with Crippen LogP contribution in [0.2, 0.25) is 12.1 Å². The number of nitrogens with zero attached hydrogens (tertiary/aromatic N) is 2. The summed E-state index contributed by atoms with van der Waals surface area (Å²) in [5, 5.41) is 3.59. The van der Waals surface area contributed by atoms with E-state index in [2.05, 4.69) is 79.0 Å². The Bertz CT molecular complexity index is 1580. The van der Waals surface area contributed by atoms with Gasteiger partial charge in [-0.3, -0.25) is 0 Å². The first kappa shape index (κ1) is 43.8. The Morgan fingerprint density at radius 1 is 0.463 bits per heavy atom. The molecule has 0 fully saturated rings. The van der Waals surface area contributed by atoms with Crippen LogP contribution in [-0.2, 0) is 0 Å². The summed E-state index contributed by atoms with van der Waals surface area (Å²) in [6.07, 6.45) is 40.2. The summed E-state index contributed by atoms with van der Waals surface area (Å²) in [5.41, 5.74) is 4.73. The van der Waals surface area contributed by atoms with E-state index in [-0.39, 0.29) is 0 Å². The number of thiophene rings is 2. The maximum atomic E-state index is 4.81. The van der Waals surface area contributed by atoms with Crippen molar-refractivity contribution in [3.05, 3.63) is 34.7 Å². The van der Waals surface area contributed by atoms with Crippen molar-refractivity contribution >= 4 is 63.9 Å². The fourth-order valence-corrected chi connectivity index (χ4v) is 19.3. The van der Waals surface area contributed by atoms with Crippen molar-refractivity contribution in [1.29, 1.82) is 0 Å². The van der Waals surface area contributed by atoms with Crippen molar-refractivity contribution in [2.45, 2.75) is 220 Å². The number of hydrogen-bond donors (Lipinski definition) is 0. The van der Waals surface area contributed by atoms with Crippen LogP contribution in [-0.4, -0.2) is 16.8 Å². The van der Waals surface area contributed by atoms with Gasteiger partial charge < -0.3 is 0 Å². The Balaban J connectivity index is 1.15. The van der Waals surface area contributed by atoms with Crippen molar-refractivity contribution in [2.75, 3.05) is 0 Å². The SMILES string of the molecule is CCCCCCCCCCCCCCCC[Si]1(CCCCCCCCCCCCCCCC)c2cc(C)sc2-c2sc(-c3ccc(C)c4nsnc34)cc21. The second kappa shape index (κ2) is 24.4. The van der Waals surface area contributed by atoms with Gasteiger partial charge in [-0.05, 0) is 54.0 Å². The van der Waals surface area contributed by atoms with Gasteiger partial charge in [0.15, 0.2) is 0 Å². The second-order valence-corrected chi connectivity index (χ2v) is 24.2. The molecule has 5 rings (SSSR count). The van der Waals surface area contributed by atoms with Gasteiger partial charge in [-0.1, -0.05) is 206 Å². The Hall–Kier alpha value is -1.34. The molecule has 0 amide bonds. The van der Waals surface area contributed by atoms with E-state index >= 15 is 0 Å². The summed E-state index contributed by atoms with van der Waals surface area (Å²) in [6, 6.07) is 12.8. The molecule has 1 aromatic carbocycles. The van der Waals surface area contributed by atoms with E-state index in [1.165, 1.54) is 224 Å². The summed E-state index contributed by atoms with van der Waals surface area (Å²) < 4.78 is 9.50. The van der Waals surface area contributed by atoms with Gasteiger partial charge in [0.05, 0.1) is 11.7 Å².